The van der Waals surface area contributed by atoms with Crippen LogP contribution in [-0.2, 0) is 19.9 Å². The first-order chi connectivity index (χ1) is 9.24. The van der Waals surface area contributed by atoms with Gasteiger partial charge in [0, 0.05) is 7.05 Å². The van der Waals surface area contributed by atoms with Crippen LogP contribution in [0.5, 0.6) is 0 Å². The molecule has 0 aliphatic rings. The summed E-state index contributed by atoms with van der Waals surface area (Å²) >= 11 is 0. The molecule has 0 aliphatic heterocycles. The fourth-order valence-corrected chi connectivity index (χ4v) is 2.27. The lowest BCUT2D eigenvalue weighted by Crippen LogP contribution is -2.08. The predicted molar refractivity (Wildman–Crippen MR) is 75.3 cm³/mol. The molecule has 96 valence electrons. The van der Waals surface area contributed by atoms with Gasteiger partial charge in [-0.25, -0.2) is 4.79 Å². The Kier molecular flexibility index (Phi) is 2.95. The van der Waals surface area contributed by atoms with E-state index in [1.807, 2.05) is 18.2 Å². The van der Waals surface area contributed by atoms with E-state index in [1.54, 1.807) is 7.05 Å². The number of fused-ring (bicyclic) bond motifs is 1. The van der Waals surface area contributed by atoms with E-state index in [4.69, 9.17) is 4.42 Å². The third-order valence-electron chi connectivity index (χ3n) is 3.40. The Morgan fingerprint density at radius 1 is 1.00 bits per heavy atom. The van der Waals surface area contributed by atoms with Gasteiger partial charge in [-0.2, -0.15) is 0 Å². The maximum atomic E-state index is 11.4. The van der Waals surface area contributed by atoms with Gasteiger partial charge in [0.2, 0.25) is 0 Å². The summed E-state index contributed by atoms with van der Waals surface area (Å²) in [6.07, 6.45) is 1.93. The highest BCUT2D eigenvalue weighted by Gasteiger charge is 2.06. The molecule has 0 spiro atoms. The molecule has 0 fully saturated rings. The molecule has 1 heterocycles. The van der Waals surface area contributed by atoms with Gasteiger partial charge in [0.1, 0.15) is 0 Å². The number of oxazole rings is 1. The van der Waals surface area contributed by atoms with E-state index in [0.717, 1.165) is 18.4 Å². The molecule has 0 radical (unpaired) electrons. The van der Waals surface area contributed by atoms with Crippen molar-refractivity contribution in [2.45, 2.75) is 12.8 Å². The number of benzene rings is 2. The van der Waals surface area contributed by atoms with Crippen LogP contribution in [0.4, 0.5) is 0 Å². The Morgan fingerprint density at radius 3 is 2.53 bits per heavy atom. The average Bonchev–Trinajstić information content (AvgIpc) is 2.73. The topological polar surface area (TPSA) is 35.1 Å². The van der Waals surface area contributed by atoms with Crippen molar-refractivity contribution in [3.05, 3.63) is 70.2 Å². The highest BCUT2D eigenvalue weighted by atomic mass is 16.4. The van der Waals surface area contributed by atoms with E-state index in [2.05, 4.69) is 30.3 Å². The SMILES string of the molecule is Cn1c(=O)oc2cc(CCc3ccccc3)ccc21. The van der Waals surface area contributed by atoms with E-state index >= 15 is 0 Å². The molecule has 0 saturated heterocycles. The average molecular weight is 253 g/mol. The Balaban J connectivity index is 1.84. The second kappa shape index (κ2) is 4.76. The Bertz CT molecular complexity index is 753. The maximum Gasteiger partial charge on any atom is 0.419 e. The van der Waals surface area contributed by atoms with Crippen LogP contribution in [0.3, 0.4) is 0 Å². The highest BCUT2D eigenvalue weighted by Crippen LogP contribution is 2.16. The zero-order valence-electron chi connectivity index (χ0n) is 10.8. The summed E-state index contributed by atoms with van der Waals surface area (Å²) in [5.74, 6) is -0.310. The summed E-state index contributed by atoms with van der Waals surface area (Å²) in [6, 6.07) is 16.3. The van der Waals surface area contributed by atoms with Crippen molar-refractivity contribution in [1.29, 1.82) is 0 Å². The molecule has 0 unspecified atom stereocenters. The molecule has 3 nitrogen and oxygen atoms in total. The van der Waals surface area contributed by atoms with Gasteiger partial charge >= 0.3 is 5.76 Å². The minimum atomic E-state index is -0.310. The zero-order valence-corrected chi connectivity index (χ0v) is 10.8. The largest absolute Gasteiger partial charge is 0.419 e. The van der Waals surface area contributed by atoms with Crippen LogP contribution in [0.15, 0.2) is 57.7 Å². The maximum absolute atomic E-state index is 11.4. The fraction of sp³-hybridized carbons (Fsp3) is 0.188. The fourth-order valence-electron chi connectivity index (χ4n) is 2.27. The number of aryl methyl sites for hydroxylation is 3. The van der Waals surface area contributed by atoms with Crippen LogP contribution in [0, 0.1) is 0 Å². The summed E-state index contributed by atoms with van der Waals surface area (Å²) in [5, 5.41) is 0. The predicted octanol–water partition coefficient (Wildman–Crippen LogP) is 2.92. The summed E-state index contributed by atoms with van der Waals surface area (Å²) in [4.78, 5) is 11.4. The van der Waals surface area contributed by atoms with Gasteiger partial charge in [-0.15, -0.1) is 0 Å². The lowest BCUT2D eigenvalue weighted by Gasteiger charge is -2.02. The van der Waals surface area contributed by atoms with Crippen molar-refractivity contribution >= 4 is 11.1 Å². The Hall–Kier alpha value is -2.29. The van der Waals surface area contributed by atoms with Crippen LogP contribution >= 0.6 is 0 Å². The monoisotopic (exact) mass is 253 g/mol. The molecular formula is C16H15NO2. The first-order valence-corrected chi connectivity index (χ1v) is 6.36. The molecule has 3 heteroatoms. The standard InChI is InChI=1S/C16H15NO2/c1-17-14-10-9-13(11-15(14)19-16(17)18)8-7-12-5-3-2-4-6-12/h2-6,9-11H,7-8H2,1H3. The van der Waals surface area contributed by atoms with Crippen LogP contribution in [0.1, 0.15) is 11.1 Å². The number of hydrogen-bond acceptors (Lipinski definition) is 2. The van der Waals surface area contributed by atoms with E-state index in [9.17, 15) is 4.79 Å². The quantitative estimate of drug-likeness (QED) is 0.719. The summed E-state index contributed by atoms with van der Waals surface area (Å²) in [6.45, 7) is 0. The molecule has 2 aromatic carbocycles. The molecule has 0 bridgehead atoms. The molecule has 0 saturated carbocycles. The normalized spacial score (nSPS) is 11.0. The van der Waals surface area contributed by atoms with E-state index in [0.29, 0.717) is 5.58 Å². The van der Waals surface area contributed by atoms with Gasteiger partial charge < -0.3 is 4.42 Å². The third-order valence-corrected chi connectivity index (χ3v) is 3.40. The second-order valence-electron chi connectivity index (χ2n) is 4.71. The van der Waals surface area contributed by atoms with Crippen molar-refractivity contribution in [2.75, 3.05) is 0 Å². The van der Waals surface area contributed by atoms with Crippen molar-refractivity contribution < 1.29 is 4.42 Å². The number of aromatic nitrogens is 1. The van der Waals surface area contributed by atoms with Crippen molar-refractivity contribution in [2.24, 2.45) is 7.05 Å². The second-order valence-corrected chi connectivity index (χ2v) is 4.71. The van der Waals surface area contributed by atoms with Gasteiger partial charge in [-0.05, 0) is 36.1 Å². The first-order valence-electron chi connectivity index (χ1n) is 6.36. The molecule has 0 atom stereocenters. The molecule has 0 amide bonds. The summed E-state index contributed by atoms with van der Waals surface area (Å²) < 4.78 is 6.72. The minimum Gasteiger partial charge on any atom is -0.408 e. The van der Waals surface area contributed by atoms with E-state index < -0.39 is 0 Å². The van der Waals surface area contributed by atoms with Gasteiger partial charge in [0.05, 0.1) is 5.52 Å². The van der Waals surface area contributed by atoms with Gasteiger partial charge in [-0.1, -0.05) is 36.4 Å². The van der Waals surface area contributed by atoms with Crippen LogP contribution in [0.25, 0.3) is 11.1 Å². The number of nitrogens with zero attached hydrogens (tertiary/aromatic N) is 1. The Morgan fingerprint density at radius 2 is 1.74 bits per heavy atom. The minimum absolute atomic E-state index is 0.310. The molecule has 0 N–H and O–H groups in total. The van der Waals surface area contributed by atoms with Gasteiger partial charge in [-0.3, -0.25) is 4.57 Å². The zero-order chi connectivity index (χ0) is 13.2. The first kappa shape index (κ1) is 11.8. The lowest BCUT2D eigenvalue weighted by molar-refractivity contribution is 0.528. The summed E-state index contributed by atoms with van der Waals surface area (Å²) in [5.41, 5.74) is 4.01. The third kappa shape index (κ3) is 2.32. The number of rotatable bonds is 3. The van der Waals surface area contributed by atoms with E-state index in [-0.39, 0.29) is 5.76 Å². The molecule has 0 aliphatic carbocycles. The number of hydrogen-bond donors (Lipinski definition) is 0. The summed E-state index contributed by atoms with van der Waals surface area (Å²) in [7, 11) is 1.72. The van der Waals surface area contributed by atoms with Crippen molar-refractivity contribution in [1.82, 2.24) is 4.57 Å². The molecular weight excluding hydrogens is 238 g/mol. The van der Waals surface area contributed by atoms with Gasteiger partial charge in [0.15, 0.2) is 5.58 Å². The Labute approximate surface area is 111 Å². The molecule has 19 heavy (non-hydrogen) atoms. The van der Waals surface area contributed by atoms with Crippen molar-refractivity contribution in [3.63, 3.8) is 0 Å². The molecule has 3 rings (SSSR count). The molecule has 1 aromatic heterocycles. The van der Waals surface area contributed by atoms with Crippen molar-refractivity contribution in [3.8, 4) is 0 Å². The van der Waals surface area contributed by atoms with Crippen LogP contribution in [0.2, 0.25) is 0 Å². The van der Waals surface area contributed by atoms with Crippen LogP contribution < -0.4 is 5.76 Å². The highest BCUT2D eigenvalue weighted by molar-refractivity contribution is 5.73. The molecule has 3 aromatic rings. The van der Waals surface area contributed by atoms with E-state index in [1.165, 1.54) is 15.7 Å². The van der Waals surface area contributed by atoms with Gasteiger partial charge in [0.25, 0.3) is 0 Å². The smallest absolute Gasteiger partial charge is 0.408 e. The lowest BCUT2D eigenvalue weighted by atomic mass is 10.0. The van der Waals surface area contributed by atoms with Crippen LogP contribution in [-0.4, -0.2) is 4.57 Å².